The van der Waals surface area contributed by atoms with Crippen LogP contribution in [0.2, 0.25) is 0 Å². The second-order valence-electron chi connectivity index (χ2n) is 4.08. The van der Waals surface area contributed by atoms with Crippen LogP contribution in [0.5, 0.6) is 23.0 Å². The highest BCUT2D eigenvalue weighted by Gasteiger charge is 2.32. The minimum atomic E-state index is -5.49. The molecule has 1 aromatic carbocycles. The van der Waals surface area contributed by atoms with Gasteiger partial charge in [0.25, 0.3) is 0 Å². The first kappa shape index (κ1) is 23.1. The normalized spacial score (nSPS) is 13.2. The molecule has 1 rings (SSSR count). The number of rotatable bonds is 8. The summed E-state index contributed by atoms with van der Waals surface area (Å²) in [7, 11) is -21.7. The van der Waals surface area contributed by atoms with E-state index in [-0.39, 0.29) is 0 Å². The van der Waals surface area contributed by atoms with Crippen molar-refractivity contribution in [3.05, 3.63) is 12.1 Å². The van der Waals surface area contributed by atoms with Crippen molar-refractivity contribution < 1.29 is 75.5 Å². The molecule has 8 N–H and O–H groups in total. The zero-order valence-corrected chi connectivity index (χ0v) is 15.4. The second-order valence-corrected chi connectivity index (χ2v) is 8.73. The number of benzene rings is 1. The maximum atomic E-state index is 11.0. The van der Waals surface area contributed by atoms with Crippen LogP contribution in [0.15, 0.2) is 12.1 Å². The molecule has 20 heteroatoms. The van der Waals surface area contributed by atoms with E-state index in [1.165, 1.54) is 0 Å². The monoisotopic (exact) mass is 462 g/mol. The molecule has 0 spiro atoms. The molecule has 150 valence electrons. The fourth-order valence-corrected chi connectivity index (χ4v) is 2.92. The Kier molecular flexibility index (Phi) is 6.71. The van der Waals surface area contributed by atoms with Crippen LogP contribution in [0.4, 0.5) is 0 Å². The van der Waals surface area contributed by atoms with Crippen LogP contribution in [-0.4, -0.2) is 39.1 Å². The van der Waals surface area contributed by atoms with Gasteiger partial charge in [-0.05, 0) is 0 Å². The standard InChI is InChI=1S/C6H10O16P4/c7-23(8,9)19-3-1-4(20-24(10,11)12)6(22-26(16,17)18)5(2-3)21-25(13,14)15/h1-2H,(H2,7,8,9)(H2,10,11,12)(H2,13,14,15)(H2,16,17,18). The molecule has 0 fully saturated rings. The van der Waals surface area contributed by atoms with Crippen molar-refractivity contribution in [2.24, 2.45) is 0 Å². The summed E-state index contributed by atoms with van der Waals surface area (Å²) in [6.45, 7) is 0. The van der Waals surface area contributed by atoms with E-state index in [1.807, 2.05) is 0 Å². The first-order chi connectivity index (χ1) is 11.3. The Balaban J connectivity index is 3.67. The highest BCUT2D eigenvalue weighted by molar-refractivity contribution is 7.47. The molecule has 0 amide bonds. The molecule has 0 saturated carbocycles. The molecule has 0 bridgehead atoms. The van der Waals surface area contributed by atoms with E-state index < -0.39 is 54.3 Å². The molecule has 0 unspecified atom stereocenters. The average Bonchev–Trinajstić information content (AvgIpc) is 2.25. The largest absolute Gasteiger partial charge is 0.525 e. The maximum Gasteiger partial charge on any atom is 0.525 e. The van der Waals surface area contributed by atoms with Crippen molar-refractivity contribution in [2.75, 3.05) is 0 Å². The zero-order valence-electron chi connectivity index (χ0n) is 11.8. The molecule has 0 aliphatic heterocycles. The van der Waals surface area contributed by atoms with Gasteiger partial charge in [-0.3, -0.25) is 39.1 Å². The molecule has 26 heavy (non-hydrogen) atoms. The van der Waals surface area contributed by atoms with E-state index in [9.17, 15) is 18.3 Å². The van der Waals surface area contributed by atoms with Crippen LogP contribution in [0.1, 0.15) is 0 Å². The van der Waals surface area contributed by atoms with Gasteiger partial charge in [0.2, 0.25) is 5.75 Å². The van der Waals surface area contributed by atoms with Gasteiger partial charge in [-0.15, -0.1) is 0 Å². The summed E-state index contributed by atoms with van der Waals surface area (Å²) < 4.78 is 59.8. The smallest absolute Gasteiger partial charge is 0.404 e. The predicted octanol–water partition coefficient (Wildman–Crippen LogP) is -0.427. The Labute approximate surface area is 142 Å². The van der Waals surface area contributed by atoms with Gasteiger partial charge in [0.15, 0.2) is 11.5 Å². The Hall–Kier alpha value is -0.980. The van der Waals surface area contributed by atoms with Crippen LogP contribution in [0.3, 0.4) is 0 Å². The van der Waals surface area contributed by atoms with Gasteiger partial charge in [-0.25, -0.2) is 18.3 Å². The van der Waals surface area contributed by atoms with Gasteiger partial charge in [-0.2, -0.15) is 0 Å². The van der Waals surface area contributed by atoms with E-state index in [2.05, 4.69) is 18.1 Å². The van der Waals surface area contributed by atoms with Gasteiger partial charge in [0.1, 0.15) is 5.75 Å². The molecule has 0 atom stereocenters. The molecule has 1 aromatic rings. The highest BCUT2D eigenvalue weighted by Crippen LogP contribution is 2.56. The number of phosphoric ester groups is 4. The van der Waals surface area contributed by atoms with Crippen molar-refractivity contribution in [2.45, 2.75) is 0 Å². The number of phosphoric acid groups is 4. The minimum absolute atomic E-state index is 0.301. The van der Waals surface area contributed by atoms with Crippen molar-refractivity contribution in [3.8, 4) is 23.0 Å². The second kappa shape index (κ2) is 7.56. The zero-order chi connectivity index (χ0) is 20.6. The fourth-order valence-electron chi connectivity index (χ4n) is 1.34. The Morgan fingerprint density at radius 3 is 1.12 bits per heavy atom. The Morgan fingerprint density at radius 2 is 0.846 bits per heavy atom. The highest BCUT2D eigenvalue weighted by atomic mass is 31.2. The van der Waals surface area contributed by atoms with E-state index >= 15 is 0 Å². The minimum Gasteiger partial charge on any atom is -0.404 e. The van der Waals surface area contributed by atoms with Gasteiger partial charge in [0.05, 0.1) is 0 Å². The van der Waals surface area contributed by atoms with Crippen LogP contribution in [0.25, 0.3) is 0 Å². The summed E-state index contributed by atoms with van der Waals surface area (Å²) >= 11 is 0. The van der Waals surface area contributed by atoms with Gasteiger partial charge >= 0.3 is 31.3 Å². The van der Waals surface area contributed by atoms with E-state index in [4.69, 9.17) is 39.1 Å². The molecule has 0 saturated heterocycles. The summed E-state index contributed by atoms with van der Waals surface area (Å²) in [5.41, 5.74) is 0. The van der Waals surface area contributed by atoms with Crippen LogP contribution in [0, 0.1) is 0 Å². The summed E-state index contributed by atoms with van der Waals surface area (Å²) in [6.07, 6.45) is 0. The summed E-state index contributed by atoms with van der Waals surface area (Å²) in [5.74, 6) is -5.06. The molecule has 0 aliphatic rings. The third kappa shape index (κ3) is 9.10. The van der Waals surface area contributed by atoms with Crippen molar-refractivity contribution in [1.29, 1.82) is 0 Å². The average molecular weight is 462 g/mol. The van der Waals surface area contributed by atoms with Crippen LogP contribution < -0.4 is 18.1 Å². The lowest BCUT2D eigenvalue weighted by atomic mass is 10.3. The van der Waals surface area contributed by atoms with Crippen LogP contribution in [-0.2, 0) is 18.3 Å². The first-order valence-corrected chi connectivity index (χ1v) is 11.7. The molecule has 16 nitrogen and oxygen atoms in total. The first-order valence-electron chi connectivity index (χ1n) is 5.53. The molecule has 0 heterocycles. The molecule has 0 aliphatic carbocycles. The maximum absolute atomic E-state index is 11.0. The molecular formula is C6H10O16P4. The van der Waals surface area contributed by atoms with Crippen molar-refractivity contribution in [3.63, 3.8) is 0 Å². The van der Waals surface area contributed by atoms with E-state index in [1.54, 1.807) is 0 Å². The fraction of sp³-hybridized carbons (Fsp3) is 0. The van der Waals surface area contributed by atoms with E-state index in [0.29, 0.717) is 12.1 Å². The Bertz CT molecular complexity index is 806. The molecular weight excluding hydrogens is 452 g/mol. The van der Waals surface area contributed by atoms with Crippen molar-refractivity contribution in [1.82, 2.24) is 0 Å². The topological polar surface area (TPSA) is 267 Å². The van der Waals surface area contributed by atoms with Gasteiger partial charge in [0, 0.05) is 12.1 Å². The summed E-state index contributed by atoms with van der Waals surface area (Å²) in [4.78, 5) is 70.2. The van der Waals surface area contributed by atoms with E-state index in [0.717, 1.165) is 0 Å². The lowest BCUT2D eigenvalue weighted by Gasteiger charge is -2.18. The van der Waals surface area contributed by atoms with Gasteiger partial charge < -0.3 is 18.1 Å². The molecule has 0 radical (unpaired) electrons. The Morgan fingerprint density at radius 1 is 0.538 bits per heavy atom. The third-order valence-electron chi connectivity index (χ3n) is 1.86. The lowest BCUT2D eigenvalue weighted by Crippen LogP contribution is -2.01. The number of hydrogen-bond donors (Lipinski definition) is 8. The lowest BCUT2D eigenvalue weighted by molar-refractivity contribution is 0.252. The van der Waals surface area contributed by atoms with Crippen molar-refractivity contribution >= 4 is 31.3 Å². The predicted molar refractivity (Wildman–Crippen MR) is 77.1 cm³/mol. The number of hydrogen-bond acceptors (Lipinski definition) is 8. The van der Waals surface area contributed by atoms with Gasteiger partial charge in [-0.1, -0.05) is 0 Å². The summed E-state index contributed by atoms with van der Waals surface area (Å²) in [5, 5.41) is 0. The quantitative estimate of drug-likeness (QED) is 0.228. The van der Waals surface area contributed by atoms with Crippen LogP contribution >= 0.6 is 31.3 Å². The summed E-state index contributed by atoms with van der Waals surface area (Å²) in [6, 6.07) is 0.603. The third-order valence-corrected chi connectivity index (χ3v) is 3.60. The molecule has 0 aromatic heterocycles. The SMILES string of the molecule is O=P(O)(O)Oc1cc(OP(=O)(O)O)c(OP(=O)(O)O)c(OP(=O)(O)O)c1.